The van der Waals surface area contributed by atoms with Gasteiger partial charge < -0.3 is 15.6 Å². The molecule has 2 rings (SSSR count). The summed E-state index contributed by atoms with van der Waals surface area (Å²) >= 11 is 5.64. The molecule has 0 amide bonds. The fourth-order valence-electron chi connectivity index (χ4n) is 1.11. The third-order valence-electron chi connectivity index (χ3n) is 1.83. The Bertz CT molecular complexity index is 460. The first-order chi connectivity index (χ1) is 7.75. The van der Waals surface area contributed by atoms with Crippen LogP contribution in [0.25, 0.3) is 0 Å². The van der Waals surface area contributed by atoms with E-state index in [1.54, 1.807) is 0 Å². The van der Waals surface area contributed by atoms with Crippen molar-refractivity contribution in [3.63, 3.8) is 0 Å². The van der Waals surface area contributed by atoms with Crippen LogP contribution in [0.4, 0.5) is 11.5 Å². The van der Waals surface area contributed by atoms with Crippen molar-refractivity contribution in [2.75, 3.05) is 17.6 Å². The van der Waals surface area contributed by atoms with Gasteiger partial charge in [0.1, 0.15) is 0 Å². The highest BCUT2D eigenvalue weighted by molar-refractivity contribution is 6.28. The van der Waals surface area contributed by atoms with Crippen LogP contribution in [0.3, 0.4) is 0 Å². The van der Waals surface area contributed by atoms with Crippen molar-refractivity contribution in [3.8, 4) is 0 Å². The van der Waals surface area contributed by atoms with Crippen molar-refractivity contribution in [2.45, 2.75) is 6.42 Å². The van der Waals surface area contributed by atoms with E-state index in [9.17, 15) is 0 Å². The minimum absolute atomic E-state index is 0.148. The van der Waals surface area contributed by atoms with Crippen LogP contribution >= 0.6 is 11.6 Å². The Hall–Kier alpha value is -1.89. The summed E-state index contributed by atoms with van der Waals surface area (Å²) in [5, 5.41) is 6.65. The summed E-state index contributed by atoms with van der Waals surface area (Å²) in [6.45, 7) is 0.569. The molecule has 16 heavy (non-hydrogen) atoms. The maximum absolute atomic E-state index is 5.65. The number of nitrogens with one attached hydrogen (secondary N) is 1. The fourth-order valence-corrected chi connectivity index (χ4v) is 1.24. The molecule has 0 unspecified atom stereocenters. The highest BCUT2D eigenvalue weighted by atomic mass is 35.5. The molecule has 0 aliphatic carbocycles. The Morgan fingerprint density at radius 3 is 3.06 bits per heavy atom. The van der Waals surface area contributed by atoms with E-state index in [4.69, 9.17) is 21.9 Å². The van der Waals surface area contributed by atoms with Crippen LogP contribution in [0.1, 0.15) is 5.89 Å². The first kappa shape index (κ1) is 10.6. The first-order valence-electron chi connectivity index (χ1n) is 4.53. The summed E-state index contributed by atoms with van der Waals surface area (Å²) in [6.07, 6.45) is 3.39. The lowest BCUT2D eigenvalue weighted by molar-refractivity contribution is 0.379. The number of hydrogen-bond acceptors (Lipinski definition) is 7. The van der Waals surface area contributed by atoms with Gasteiger partial charge in [-0.2, -0.15) is 9.97 Å². The van der Waals surface area contributed by atoms with E-state index in [-0.39, 0.29) is 5.28 Å². The van der Waals surface area contributed by atoms with Crippen LogP contribution in [0.5, 0.6) is 0 Å². The fraction of sp³-hybridized carbons (Fsp3) is 0.250. The van der Waals surface area contributed by atoms with E-state index in [1.807, 2.05) is 0 Å². The van der Waals surface area contributed by atoms with E-state index < -0.39 is 0 Å². The number of anilines is 2. The molecule has 8 heteroatoms. The van der Waals surface area contributed by atoms with Gasteiger partial charge in [-0.15, -0.1) is 0 Å². The topological polar surface area (TPSA) is 103 Å². The molecule has 2 aromatic rings. The van der Waals surface area contributed by atoms with Crippen molar-refractivity contribution >= 4 is 23.1 Å². The molecule has 0 aliphatic heterocycles. The summed E-state index contributed by atoms with van der Waals surface area (Å²) < 4.78 is 4.83. The molecule has 0 spiro atoms. The van der Waals surface area contributed by atoms with Gasteiger partial charge >= 0.3 is 0 Å². The molecule has 0 aromatic carbocycles. The van der Waals surface area contributed by atoms with E-state index in [0.29, 0.717) is 30.4 Å². The third kappa shape index (κ3) is 2.57. The standard InChI is InChI=1S/C8H9ClN6O/c9-8-12-3-5(10)7(15-8)11-2-1-6-13-4-14-16-6/h3-4H,1-2,10H2,(H,11,12,15). The second kappa shape index (κ2) is 4.75. The van der Waals surface area contributed by atoms with Crippen molar-refractivity contribution in [2.24, 2.45) is 0 Å². The summed E-state index contributed by atoms with van der Waals surface area (Å²) in [5.41, 5.74) is 6.09. The lowest BCUT2D eigenvalue weighted by atomic mass is 10.4. The zero-order chi connectivity index (χ0) is 11.4. The maximum Gasteiger partial charge on any atom is 0.228 e. The molecule has 0 saturated heterocycles. The van der Waals surface area contributed by atoms with Gasteiger partial charge in [-0.25, -0.2) is 4.98 Å². The first-order valence-corrected chi connectivity index (χ1v) is 4.91. The molecule has 0 fully saturated rings. The number of nitrogen functional groups attached to an aromatic ring is 1. The molecule has 0 saturated carbocycles. The molecular formula is C8H9ClN6O. The van der Waals surface area contributed by atoms with Gasteiger partial charge in [-0.1, -0.05) is 5.16 Å². The van der Waals surface area contributed by atoms with E-state index in [0.717, 1.165) is 0 Å². The van der Waals surface area contributed by atoms with Crippen molar-refractivity contribution in [1.82, 2.24) is 20.1 Å². The van der Waals surface area contributed by atoms with Gasteiger partial charge in [0, 0.05) is 13.0 Å². The molecule has 7 nitrogen and oxygen atoms in total. The Morgan fingerprint density at radius 1 is 1.44 bits per heavy atom. The van der Waals surface area contributed by atoms with Crippen LogP contribution in [-0.4, -0.2) is 26.7 Å². The van der Waals surface area contributed by atoms with Crippen molar-refractivity contribution in [3.05, 3.63) is 23.7 Å². The summed E-state index contributed by atoms with van der Waals surface area (Å²) in [4.78, 5) is 11.6. The maximum atomic E-state index is 5.65. The minimum atomic E-state index is 0.148. The average Bonchev–Trinajstić information content (AvgIpc) is 2.76. The molecule has 84 valence electrons. The smallest absolute Gasteiger partial charge is 0.228 e. The van der Waals surface area contributed by atoms with Crippen LogP contribution in [0.15, 0.2) is 17.0 Å². The second-order valence-electron chi connectivity index (χ2n) is 2.95. The Kier molecular flexibility index (Phi) is 3.16. The van der Waals surface area contributed by atoms with Gasteiger partial charge in [0.25, 0.3) is 0 Å². The number of hydrogen-bond donors (Lipinski definition) is 2. The molecule has 2 heterocycles. The zero-order valence-corrected chi connectivity index (χ0v) is 8.98. The normalized spacial score (nSPS) is 10.3. The number of aromatic nitrogens is 4. The molecule has 0 atom stereocenters. The summed E-state index contributed by atoms with van der Waals surface area (Å²) in [5.74, 6) is 1.05. The number of halogens is 1. The molecule has 0 aliphatic rings. The van der Waals surface area contributed by atoms with Crippen LogP contribution in [-0.2, 0) is 6.42 Å². The van der Waals surface area contributed by atoms with Gasteiger partial charge in [0.15, 0.2) is 12.1 Å². The Morgan fingerprint density at radius 2 is 2.31 bits per heavy atom. The Balaban J connectivity index is 1.92. The van der Waals surface area contributed by atoms with Crippen LogP contribution in [0, 0.1) is 0 Å². The zero-order valence-electron chi connectivity index (χ0n) is 8.22. The number of nitrogens with zero attached hydrogens (tertiary/aromatic N) is 4. The number of nitrogens with two attached hydrogens (primary N) is 1. The van der Waals surface area contributed by atoms with E-state index in [2.05, 4.69) is 25.4 Å². The molecular weight excluding hydrogens is 232 g/mol. The van der Waals surface area contributed by atoms with Crippen LogP contribution in [0.2, 0.25) is 5.28 Å². The van der Waals surface area contributed by atoms with Crippen molar-refractivity contribution in [1.29, 1.82) is 0 Å². The second-order valence-corrected chi connectivity index (χ2v) is 3.29. The van der Waals surface area contributed by atoms with Gasteiger partial charge in [0.2, 0.25) is 11.2 Å². The Labute approximate surface area is 96.0 Å². The molecule has 2 aromatic heterocycles. The highest BCUT2D eigenvalue weighted by Gasteiger charge is 2.03. The average molecular weight is 241 g/mol. The predicted molar refractivity (Wildman–Crippen MR) is 57.9 cm³/mol. The lowest BCUT2D eigenvalue weighted by Crippen LogP contribution is -2.09. The van der Waals surface area contributed by atoms with E-state index >= 15 is 0 Å². The summed E-state index contributed by atoms with van der Waals surface area (Å²) in [7, 11) is 0. The SMILES string of the molecule is Nc1cnc(Cl)nc1NCCc1ncno1. The van der Waals surface area contributed by atoms with E-state index in [1.165, 1.54) is 12.5 Å². The van der Waals surface area contributed by atoms with Crippen molar-refractivity contribution < 1.29 is 4.52 Å². The molecule has 0 radical (unpaired) electrons. The lowest BCUT2D eigenvalue weighted by Gasteiger charge is -2.06. The minimum Gasteiger partial charge on any atom is -0.394 e. The summed E-state index contributed by atoms with van der Waals surface area (Å²) in [6, 6.07) is 0. The number of rotatable bonds is 4. The van der Waals surface area contributed by atoms with Gasteiger partial charge in [0.05, 0.1) is 11.9 Å². The molecule has 0 bridgehead atoms. The molecule has 3 N–H and O–H groups in total. The van der Waals surface area contributed by atoms with Gasteiger partial charge in [-0.05, 0) is 11.6 Å². The largest absolute Gasteiger partial charge is 0.394 e. The quantitative estimate of drug-likeness (QED) is 0.760. The highest BCUT2D eigenvalue weighted by Crippen LogP contribution is 2.15. The third-order valence-corrected chi connectivity index (χ3v) is 2.01. The predicted octanol–water partition coefficient (Wildman–Crippen LogP) is 0.750. The van der Waals surface area contributed by atoms with Crippen LogP contribution < -0.4 is 11.1 Å². The monoisotopic (exact) mass is 240 g/mol. The van der Waals surface area contributed by atoms with Gasteiger partial charge in [-0.3, -0.25) is 0 Å².